The summed E-state index contributed by atoms with van der Waals surface area (Å²) in [6.07, 6.45) is 18.7. The number of rotatable bonds is 4. The Labute approximate surface area is 183 Å². The molecular formula is C26H42N2O2. The van der Waals surface area contributed by atoms with Gasteiger partial charge in [0.2, 0.25) is 0 Å². The first-order chi connectivity index (χ1) is 14.6. The second-order valence-corrected chi connectivity index (χ2v) is 11.0. The van der Waals surface area contributed by atoms with Crippen molar-refractivity contribution in [2.24, 2.45) is 41.2 Å². The highest BCUT2D eigenvalue weighted by Gasteiger charge is 2.35. The number of hydrogen-bond acceptors (Lipinski definition) is 4. The van der Waals surface area contributed by atoms with Crippen molar-refractivity contribution in [2.75, 3.05) is 0 Å². The average molecular weight is 415 g/mol. The highest BCUT2D eigenvalue weighted by molar-refractivity contribution is 5.72. The van der Waals surface area contributed by atoms with E-state index in [4.69, 9.17) is 15.7 Å². The number of carbonyl (C=O) groups is 1. The van der Waals surface area contributed by atoms with Crippen molar-refractivity contribution in [2.45, 2.75) is 115 Å². The van der Waals surface area contributed by atoms with Gasteiger partial charge < -0.3 is 10.5 Å². The molecule has 4 saturated carbocycles. The number of nitrogens with zero attached hydrogens (tertiary/aromatic N) is 1. The minimum absolute atomic E-state index is 0.0945. The Hall–Kier alpha value is -1.08. The molecule has 0 heterocycles. The summed E-state index contributed by atoms with van der Waals surface area (Å²) in [5, 5.41) is 9.10. The molecular weight excluding hydrogens is 372 g/mol. The summed E-state index contributed by atoms with van der Waals surface area (Å²) < 4.78 is 6.00. The maximum atomic E-state index is 12.8. The SMILES string of the molecule is N#CC1CCC(C2CCC(OC(=O)C3CCC(C4CCC(N)CC4)CC3)CC2)CC1. The predicted octanol–water partition coefficient (Wildman–Crippen LogP) is 5.74. The normalized spacial score (nSPS) is 42.8. The first-order valence-corrected chi connectivity index (χ1v) is 13.0. The summed E-state index contributed by atoms with van der Waals surface area (Å²) in [4.78, 5) is 12.8. The van der Waals surface area contributed by atoms with Crippen molar-refractivity contribution in [1.29, 1.82) is 5.26 Å². The second-order valence-electron chi connectivity index (χ2n) is 11.0. The van der Waals surface area contributed by atoms with Crippen LogP contribution < -0.4 is 5.73 Å². The van der Waals surface area contributed by atoms with E-state index in [0.717, 1.165) is 62.2 Å². The van der Waals surface area contributed by atoms with Gasteiger partial charge in [0, 0.05) is 12.0 Å². The Balaban J connectivity index is 1.14. The van der Waals surface area contributed by atoms with E-state index in [9.17, 15) is 4.79 Å². The molecule has 0 amide bonds. The van der Waals surface area contributed by atoms with Gasteiger partial charge in [0.15, 0.2) is 0 Å². The Bertz CT molecular complexity index is 583. The summed E-state index contributed by atoms with van der Waals surface area (Å²) in [5.74, 6) is 3.79. The van der Waals surface area contributed by atoms with E-state index in [2.05, 4.69) is 6.07 Å². The molecule has 168 valence electrons. The second kappa shape index (κ2) is 10.5. The van der Waals surface area contributed by atoms with Gasteiger partial charge in [-0.1, -0.05) is 0 Å². The monoisotopic (exact) mass is 414 g/mol. The summed E-state index contributed by atoms with van der Waals surface area (Å²) >= 11 is 0. The molecule has 0 aromatic carbocycles. The van der Waals surface area contributed by atoms with Crippen molar-refractivity contribution in [3.63, 3.8) is 0 Å². The Morgan fingerprint density at radius 3 is 1.60 bits per heavy atom. The van der Waals surface area contributed by atoms with Gasteiger partial charge >= 0.3 is 5.97 Å². The third-order valence-corrected chi connectivity index (χ3v) is 9.21. The Morgan fingerprint density at radius 2 is 1.10 bits per heavy atom. The van der Waals surface area contributed by atoms with Crippen LogP contribution in [0.1, 0.15) is 103 Å². The third-order valence-electron chi connectivity index (χ3n) is 9.21. The molecule has 4 fully saturated rings. The molecule has 0 aromatic heterocycles. The van der Waals surface area contributed by atoms with E-state index in [1.807, 2.05) is 0 Å². The van der Waals surface area contributed by atoms with Crippen molar-refractivity contribution >= 4 is 5.97 Å². The zero-order chi connectivity index (χ0) is 20.9. The summed E-state index contributed by atoms with van der Waals surface area (Å²) in [5.41, 5.74) is 6.07. The number of nitriles is 1. The number of hydrogen-bond donors (Lipinski definition) is 1. The van der Waals surface area contributed by atoms with Gasteiger partial charge in [-0.15, -0.1) is 0 Å². The molecule has 4 heteroatoms. The fraction of sp³-hybridized carbons (Fsp3) is 0.923. The van der Waals surface area contributed by atoms with Crippen LogP contribution in [-0.4, -0.2) is 18.1 Å². The van der Waals surface area contributed by atoms with Crippen LogP contribution >= 0.6 is 0 Å². The fourth-order valence-corrected chi connectivity index (χ4v) is 7.10. The van der Waals surface area contributed by atoms with Crippen molar-refractivity contribution in [3.05, 3.63) is 0 Å². The van der Waals surface area contributed by atoms with Crippen molar-refractivity contribution in [3.8, 4) is 6.07 Å². The zero-order valence-electron chi connectivity index (χ0n) is 18.8. The molecule has 0 spiro atoms. The van der Waals surface area contributed by atoms with E-state index in [1.165, 1.54) is 64.2 Å². The maximum Gasteiger partial charge on any atom is 0.309 e. The topological polar surface area (TPSA) is 76.1 Å². The van der Waals surface area contributed by atoms with Gasteiger partial charge in [0.1, 0.15) is 6.10 Å². The first-order valence-electron chi connectivity index (χ1n) is 13.0. The smallest absolute Gasteiger partial charge is 0.309 e. The molecule has 0 bridgehead atoms. The molecule has 0 atom stereocenters. The van der Waals surface area contributed by atoms with E-state index < -0.39 is 0 Å². The van der Waals surface area contributed by atoms with E-state index in [-0.39, 0.29) is 18.0 Å². The standard InChI is InChI=1S/C26H42N2O2/c27-17-18-1-3-19(4-2-18)22-11-15-25(16-12-22)30-26(29)23-7-5-20(6-8-23)21-9-13-24(28)14-10-21/h18-25H,1-16,28H2. The molecule has 4 aliphatic rings. The lowest BCUT2D eigenvalue weighted by molar-refractivity contribution is -0.158. The van der Waals surface area contributed by atoms with E-state index in [0.29, 0.717) is 12.0 Å². The summed E-state index contributed by atoms with van der Waals surface area (Å²) in [6, 6.07) is 2.87. The van der Waals surface area contributed by atoms with Crippen LogP contribution in [0, 0.1) is 46.8 Å². The van der Waals surface area contributed by atoms with E-state index in [1.54, 1.807) is 0 Å². The molecule has 2 N–H and O–H groups in total. The average Bonchev–Trinajstić information content (AvgIpc) is 2.80. The minimum Gasteiger partial charge on any atom is -0.462 e. The molecule has 0 saturated heterocycles. The van der Waals surface area contributed by atoms with Crippen molar-refractivity contribution in [1.82, 2.24) is 0 Å². The Morgan fingerprint density at radius 1 is 0.667 bits per heavy atom. The number of nitrogens with two attached hydrogens (primary N) is 1. The highest BCUT2D eigenvalue weighted by Crippen LogP contribution is 2.42. The third kappa shape index (κ3) is 5.58. The van der Waals surface area contributed by atoms with Crippen LogP contribution in [0.25, 0.3) is 0 Å². The molecule has 4 nitrogen and oxygen atoms in total. The molecule has 0 unspecified atom stereocenters. The van der Waals surface area contributed by atoms with Gasteiger partial charge in [0.25, 0.3) is 0 Å². The lowest BCUT2D eigenvalue weighted by Crippen LogP contribution is -2.34. The highest BCUT2D eigenvalue weighted by atomic mass is 16.5. The van der Waals surface area contributed by atoms with Gasteiger partial charge in [-0.2, -0.15) is 5.26 Å². The van der Waals surface area contributed by atoms with Crippen LogP contribution in [0.2, 0.25) is 0 Å². The van der Waals surface area contributed by atoms with Crippen LogP contribution in [0.15, 0.2) is 0 Å². The lowest BCUT2D eigenvalue weighted by atomic mass is 9.70. The summed E-state index contributed by atoms with van der Waals surface area (Å²) in [7, 11) is 0. The predicted molar refractivity (Wildman–Crippen MR) is 118 cm³/mol. The van der Waals surface area contributed by atoms with Gasteiger partial charge in [-0.05, 0) is 126 Å². The van der Waals surface area contributed by atoms with Gasteiger partial charge in [0.05, 0.1) is 12.0 Å². The van der Waals surface area contributed by atoms with Crippen LogP contribution in [0.3, 0.4) is 0 Å². The molecule has 4 aliphatic carbocycles. The molecule has 30 heavy (non-hydrogen) atoms. The Kier molecular flexibility index (Phi) is 7.74. The van der Waals surface area contributed by atoms with Crippen LogP contribution in [0.4, 0.5) is 0 Å². The van der Waals surface area contributed by atoms with Crippen LogP contribution in [-0.2, 0) is 9.53 Å². The first kappa shape index (κ1) is 22.1. The largest absolute Gasteiger partial charge is 0.462 e. The molecule has 0 radical (unpaired) electrons. The van der Waals surface area contributed by atoms with E-state index >= 15 is 0 Å². The maximum absolute atomic E-state index is 12.8. The quantitative estimate of drug-likeness (QED) is 0.595. The molecule has 4 rings (SSSR count). The summed E-state index contributed by atoms with van der Waals surface area (Å²) in [6.45, 7) is 0. The number of ether oxygens (including phenoxy) is 1. The number of carbonyl (C=O) groups excluding carboxylic acids is 1. The molecule has 0 aromatic rings. The zero-order valence-corrected chi connectivity index (χ0v) is 18.8. The lowest BCUT2D eigenvalue weighted by Gasteiger charge is -2.38. The number of esters is 1. The molecule has 0 aliphatic heterocycles. The van der Waals surface area contributed by atoms with Crippen molar-refractivity contribution < 1.29 is 9.53 Å². The minimum atomic E-state index is 0.0945. The fourth-order valence-electron chi connectivity index (χ4n) is 7.10. The van der Waals surface area contributed by atoms with Gasteiger partial charge in [-0.25, -0.2) is 0 Å². The van der Waals surface area contributed by atoms with Crippen LogP contribution in [0.5, 0.6) is 0 Å². The van der Waals surface area contributed by atoms with Gasteiger partial charge in [-0.3, -0.25) is 4.79 Å².